The second-order valence-electron chi connectivity index (χ2n) is 7.33. The molecule has 1 fully saturated rings. The molecular weight excluding hydrogens is 432 g/mol. The molecule has 29 heavy (non-hydrogen) atoms. The molecule has 1 N–H and O–H groups in total. The number of rotatable bonds is 4. The number of piperidine rings is 1. The molecule has 0 amide bonds. The predicted octanol–water partition coefficient (Wildman–Crippen LogP) is 4.36. The predicted molar refractivity (Wildman–Crippen MR) is 118 cm³/mol. The minimum atomic E-state index is -0.501. The number of hydrogen-bond donors (Lipinski definition) is 1. The van der Waals surface area contributed by atoms with E-state index in [0.29, 0.717) is 17.6 Å². The smallest absolute Gasteiger partial charge is 0.355 e. The Morgan fingerprint density at radius 3 is 2.66 bits per heavy atom. The summed E-state index contributed by atoms with van der Waals surface area (Å²) >= 11 is 3.51. The third-order valence-corrected chi connectivity index (χ3v) is 5.98. The van der Waals surface area contributed by atoms with Gasteiger partial charge in [0, 0.05) is 28.0 Å². The molecule has 0 aliphatic carbocycles. The summed E-state index contributed by atoms with van der Waals surface area (Å²) in [5.74, 6) is -0.501. The second kappa shape index (κ2) is 8.51. The molecule has 1 saturated heterocycles. The van der Waals surface area contributed by atoms with Crippen molar-refractivity contribution in [3.63, 3.8) is 0 Å². The lowest BCUT2D eigenvalue weighted by atomic mass is 9.96. The average Bonchev–Trinajstić information content (AvgIpc) is 2.76. The van der Waals surface area contributed by atoms with Crippen LogP contribution in [0.15, 0.2) is 57.8 Å². The van der Waals surface area contributed by atoms with E-state index in [2.05, 4.69) is 21.2 Å². The number of halogens is 1. The second-order valence-corrected chi connectivity index (χ2v) is 8.25. The Kier molecular flexibility index (Phi) is 5.83. The Labute approximate surface area is 177 Å². The maximum absolute atomic E-state index is 13.5. The minimum Gasteiger partial charge on any atom is -0.464 e. The number of ether oxygens (including phenoxy) is 1. The lowest BCUT2D eigenvalue weighted by molar-refractivity contribution is 0.0587. The van der Waals surface area contributed by atoms with E-state index >= 15 is 0 Å². The van der Waals surface area contributed by atoms with Crippen LogP contribution in [0.4, 0.5) is 0 Å². The quantitative estimate of drug-likeness (QED) is 0.594. The van der Waals surface area contributed by atoms with Gasteiger partial charge < -0.3 is 10.1 Å². The standard InChI is InChI=1S/C23H23BrN2O3/c1-29-23(28)21-20(15-7-3-2-4-8-15)19-13-16(24)10-11-18(19)22(27)26(21)14-17-9-5-6-12-25-17/h2-4,7-8,10-11,13,17,25H,5-6,9,12,14H2,1H3. The Hall–Kier alpha value is -2.44. The van der Waals surface area contributed by atoms with Crippen LogP contribution in [0.2, 0.25) is 0 Å². The topological polar surface area (TPSA) is 60.3 Å². The van der Waals surface area contributed by atoms with Gasteiger partial charge in [0.05, 0.1) is 7.11 Å². The molecule has 1 aromatic heterocycles. The monoisotopic (exact) mass is 454 g/mol. The van der Waals surface area contributed by atoms with Crippen molar-refractivity contribution in [2.45, 2.75) is 31.8 Å². The van der Waals surface area contributed by atoms with Gasteiger partial charge in [0.25, 0.3) is 5.56 Å². The van der Waals surface area contributed by atoms with Crippen LogP contribution in [0.1, 0.15) is 29.8 Å². The van der Waals surface area contributed by atoms with Crippen LogP contribution in [-0.2, 0) is 11.3 Å². The first-order valence-corrected chi connectivity index (χ1v) is 10.6. The van der Waals surface area contributed by atoms with Gasteiger partial charge >= 0.3 is 5.97 Å². The number of aromatic nitrogens is 1. The number of nitrogens with one attached hydrogen (secondary N) is 1. The van der Waals surface area contributed by atoms with Crippen molar-refractivity contribution in [3.8, 4) is 11.1 Å². The molecule has 1 atom stereocenters. The molecule has 6 heteroatoms. The molecule has 1 aliphatic rings. The van der Waals surface area contributed by atoms with Crippen LogP contribution in [-0.4, -0.2) is 30.2 Å². The van der Waals surface area contributed by atoms with Crippen LogP contribution >= 0.6 is 15.9 Å². The minimum absolute atomic E-state index is 0.154. The third-order valence-electron chi connectivity index (χ3n) is 5.49. The van der Waals surface area contributed by atoms with Gasteiger partial charge in [0.15, 0.2) is 0 Å². The van der Waals surface area contributed by atoms with Crippen molar-refractivity contribution >= 4 is 32.7 Å². The van der Waals surface area contributed by atoms with Gasteiger partial charge in [-0.1, -0.05) is 52.7 Å². The molecule has 2 aromatic carbocycles. The van der Waals surface area contributed by atoms with Crippen molar-refractivity contribution in [2.24, 2.45) is 0 Å². The molecule has 0 bridgehead atoms. The highest BCUT2D eigenvalue weighted by atomic mass is 79.9. The van der Waals surface area contributed by atoms with Crippen molar-refractivity contribution in [1.82, 2.24) is 9.88 Å². The zero-order valence-electron chi connectivity index (χ0n) is 16.3. The zero-order chi connectivity index (χ0) is 20.4. The normalized spacial score (nSPS) is 16.7. The first kappa shape index (κ1) is 19.9. The maximum Gasteiger partial charge on any atom is 0.355 e. The van der Waals surface area contributed by atoms with E-state index in [1.807, 2.05) is 48.5 Å². The summed E-state index contributed by atoms with van der Waals surface area (Å²) < 4.78 is 7.59. The summed E-state index contributed by atoms with van der Waals surface area (Å²) in [6.07, 6.45) is 3.23. The summed E-state index contributed by atoms with van der Waals surface area (Å²) in [5.41, 5.74) is 1.74. The lowest BCUT2D eigenvalue weighted by Crippen LogP contribution is -2.41. The van der Waals surface area contributed by atoms with Crippen molar-refractivity contribution in [1.29, 1.82) is 0 Å². The maximum atomic E-state index is 13.5. The van der Waals surface area contributed by atoms with Crippen molar-refractivity contribution in [2.75, 3.05) is 13.7 Å². The van der Waals surface area contributed by atoms with Gasteiger partial charge in [0.2, 0.25) is 0 Å². The Morgan fingerprint density at radius 2 is 1.97 bits per heavy atom. The van der Waals surface area contributed by atoms with Gasteiger partial charge in [-0.25, -0.2) is 4.79 Å². The van der Waals surface area contributed by atoms with Gasteiger partial charge in [-0.3, -0.25) is 9.36 Å². The van der Waals surface area contributed by atoms with E-state index < -0.39 is 5.97 Å². The zero-order valence-corrected chi connectivity index (χ0v) is 17.9. The number of esters is 1. The molecule has 4 rings (SSSR count). The summed E-state index contributed by atoms with van der Waals surface area (Å²) in [6, 6.07) is 15.4. The van der Waals surface area contributed by atoms with E-state index in [4.69, 9.17) is 4.74 Å². The summed E-state index contributed by atoms with van der Waals surface area (Å²) in [5, 5.41) is 4.81. The fourth-order valence-electron chi connectivity index (χ4n) is 4.10. The molecule has 0 spiro atoms. The van der Waals surface area contributed by atoms with Crippen LogP contribution in [0.3, 0.4) is 0 Å². The highest BCUT2D eigenvalue weighted by molar-refractivity contribution is 9.10. The number of benzene rings is 2. The first-order valence-electron chi connectivity index (χ1n) is 9.83. The average molecular weight is 455 g/mol. The van der Waals surface area contributed by atoms with Gasteiger partial charge in [-0.15, -0.1) is 0 Å². The SMILES string of the molecule is COC(=O)c1c(-c2ccccc2)c2cc(Br)ccc2c(=O)n1CC1CCCCN1. The molecular formula is C23H23BrN2O3. The van der Waals surface area contributed by atoms with E-state index in [9.17, 15) is 9.59 Å². The summed E-state index contributed by atoms with van der Waals surface area (Å²) in [7, 11) is 1.36. The summed E-state index contributed by atoms with van der Waals surface area (Å²) in [6.45, 7) is 1.37. The lowest BCUT2D eigenvalue weighted by Gasteiger charge is -2.26. The number of hydrogen-bond acceptors (Lipinski definition) is 4. The fourth-order valence-corrected chi connectivity index (χ4v) is 4.46. The molecule has 1 unspecified atom stereocenters. The molecule has 0 radical (unpaired) electrons. The Morgan fingerprint density at radius 1 is 1.17 bits per heavy atom. The van der Waals surface area contributed by atoms with Crippen LogP contribution in [0.25, 0.3) is 21.9 Å². The van der Waals surface area contributed by atoms with E-state index in [-0.39, 0.29) is 11.6 Å². The van der Waals surface area contributed by atoms with Gasteiger partial charge in [0.1, 0.15) is 5.69 Å². The largest absolute Gasteiger partial charge is 0.464 e. The number of pyridine rings is 1. The summed E-state index contributed by atoms with van der Waals surface area (Å²) in [4.78, 5) is 26.4. The van der Waals surface area contributed by atoms with Crippen molar-refractivity contribution < 1.29 is 9.53 Å². The van der Waals surface area contributed by atoms with Crippen LogP contribution < -0.4 is 10.9 Å². The number of carbonyl (C=O) groups is 1. The van der Waals surface area contributed by atoms with Gasteiger partial charge in [-0.2, -0.15) is 0 Å². The highest BCUT2D eigenvalue weighted by Gasteiger charge is 2.26. The van der Waals surface area contributed by atoms with Gasteiger partial charge in [-0.05, 0) is 48.5 Å². The third kappa shape index (κ3) is 3.87. The fraction of sp³-hybridized carbons (Fsp3) is 0.304. The molecule has 0 saturated carbocycles. The molecule has 3 aromatic rings. The number of nitrogens with zero attached hydrogens (tertiary/aromatic N) is 1. The Bertz CT molecular complexity index is 1100. The Balaban J connectivity index is 2.05. The highest BCUT2D eigenvalue weighted by Crippen LogP contribution is 2.33. The van der Waals surface area contributed by atoms with Crippen LogP contribution in [0, 0.1) is 0 Å². The van der Waals surface area contributed by atoms with E-state index in [0.717, 1.165) is 46.8 Å². The first-order chi connectivity index (χ1) is 14.1. The van der Waals surface area contributed by atoms with Crippen molar-refractivity contribution in [3.05, 3.63) is 69.1 Å². The number of carbonyl (C=O) groups excluding carboxylic acids is 1. The molecule has 5 nitrogen and oxygen atoms in total. The van der Waals surface area contributed by atoms with E-state index in [1.54, 1.807) is 4.57 Å². The molecule has 150 valence electrons. The molecule has 1 aliphatic heterocycles. The number of methoxy groups -OCH3 is 1. The van der Waals surface area contributed by atoms with Crippen LogP contribution in [0.5, 0.6) is 0 Å². The number of fused-ring (bicyclic) bond motifs is 1. The molecule has 2 heterocycles. The van der Waals surface area contributed by atoms with E-state index in [1.165, 1.54) is 7.11 Å².